The van der Waals surface area contributed by atoms with Crippen LogP contribution < -0.4 is 4.74 Å². The van der Waals surface area contributed by atoms with Crippen molar-refractivity contribution in [2.45, 2.75) is 64.7 Å². The van der Waals surface area contributed by atoms with E-state index in [1.807, 2.05) is 49.4 Å². The number of imidazole rings is 1. The minimum Gasteiger partial charge on any atom is -0.466 e. The number of carbonyl (C=O) groups is 1. The lowest BCUT2D eigenvalue weighted by Gasteiger charge is -2.13. The fraction of sp³-hybridized carbons (Fsp3) is 0.353. The summed E-state index contributed by atoms with van der Waals surface area (Å²) in [5, 5.41) is 0. The highest BCUT2D eigenvalue weighted by atomic mass is 16.5. The SMILES string of the molecule is CCOC(=O)CCCCCCCCCCOc1nc(-c2ccccc2)c(-c2ccccc2)n1-c1ccccc1. The zero-order valence-corrected chi connectivity index (χ0v) is 23.1. The number of aromatic nitrogens is 2. The maximum Gasteiger partial charge on any atom is 0.305 e. The van der Waals surface area contributed by atoms with Gasteiger partial charge in [-0.3, -0.25) is 9.36 Å². The molecule has 0 saturated heterocycles. The van der Waals surface area contributed by atoms with E-state index in [0.717, 1.165) is 53.9 Å². The van der Waals surface area contributed by atoms with E-state index < -0.39 is 0 Å². The van der Waals surface area contributed by atoms with Crippen molar-refractivity contribution in [3.05, 3.63) is 91.0 Å². The molecule has 0 radical (unpaired) electrons. The molecule has 5 nitrogen and oxygen atoms in total. The van der Waals surface area contributed by atoms with E-state index in [-0.39, 0.29) is 5.97 Å². The van der Waals surface area contributed by atoms with Crippen molar-refractivity contribution < 1.29 is 14.3 Å². The molecule has 1 heterocycles. The minimum absolute atomic E-state index is 0.0721. The van der Waals surface area contributed by atoms with Crippen molar-refractivity contribution in [2.24, 2.45) is 0 Å². The molecule has 0 saturated carbocycles. The third-order valence-corrected chi connectivity index (χ3v) is 6.77. The van der Waals surface area contributed by atoms with Gasteiger partial charge in [0.1, 0.15) is 5.69 Å². The summed E-state index contributed by atoms with van der Waals surface area (Å²) in [5.74, 6) is -0.0721. The predicted molar refractivity (Wildman–Crippen MR) is 158 cm³/mol. The second-order valence-electron chi connectivity index (χ2n) is 9.73. The summed E-state index contributed by atoms with van der Waals surface area (Å²) >= 11 is 0. The Labute approximate surface area is 232 Å². The second-order valence-corrected chi connectivity index (χ2v) is 9.73. The normalized spacial score (nSPS) is 10.9. The van der Waals surface area contributed by atoms with Crippen molar-refractivity contribution >= 4 is 5.97 Å². The van der Waals surface area contributed by atoms with Crippen LogP contribution in [0, 0.1) is 0 Å². The fourth-order valence-corrected chi connectivity index (χ4v) is 4.80. The third-order valence-electron chi connectivity index (χ3n) is 6.77. The van der Waals surface area contributed by atoms with E-state index in [4.69, 9.17) is 14.5 Å². The van der Waals surface area contributed by atoms with Crippen LogP contribution in [-0.4, -0.2) is 28.7 Å². The molecule has 4 rings (SSSR count). The number of para-hydroxylation sites is 1. The minimum atomic E-state index is -0.0721. The van der Waals surface area contributed by atoms with Gasteiger partial charge in [-0.2, -0.15) is 4.98 Å². The standard InChI is InChI=1S/C34H40N2O3/c1-2-38-31(37)26-18-7-5-3-4-6-8-19-27-39-34-35-32(28-20-12-9-13-21-28)33(29-22-14-10-15-23-29)36(34)30-24-16-11-17-25-30/h9-17,20-25H,2-8,18-19,26-27H2,1H3. The lowest BCUT2D eigenvalue weighted by atomic mass is 10.0. The molecule has 1 aromatic heterocycles. The molecule has 39 heavy (non-hydrogen) atoms. The first kappa shape index (κ1) is 28.2. The average Bonchev–Trinajstić information content (AvgIpc) is 3.37. The van der Waals surface area contributed by atoms with Crippen LogP contribution >= 0.6 is 0 Å². The summed E-state index contributed by atoms with van der Waals surface area (Å²) in [6, 6.07) is 31.7. The summed E-state index contributed by atoms with van der Waals surface area (Å²) in [6.45, 7) is 2.95. The molecule has 4 aromatic rings. The molecule has 0 N–H and O–H groups in total. The Bertz CT molecular complexity index is 1250. The zero-order valence-electron chi connectivity index (χ0n) is 23.1. The quantitative estimate of drug-likeness (QED) is 0.109. The van der Waals surface area contributed by atoms with Gasteiger partial charge in [-0.05, 0) is 31.9 Å². The Kier molecular flexibility index (Phi) is 11.2. The molecule has 0 bridgehead atoms. The number of hydrogen-bond acceptors (Lipinski definition) is 4. The fourth-order valence-electron chi connectivity index (χ4n) is 4.80. The first-order chi connectivity index (χ1) is 19.3. The first-order valence-electron chi connectivity index (χ1n) is 14.4. The topological polar surface area (TPSA) is 53.4 Å². The van der Waals surface area contributed by atoms with E-state index in [2.05, 4.69) is 53.1 Å². The predicted octanol–water partition coefficient (Wildman–Crippen LogP) is 8.66. The van der Waals surface area contributed by atoms with Gasteiger partial charge in [-0.25, -0.2) is 0 Å². The number of unbranched alkanes of at least 4 members (excludes halogenated alkanes) is 7. The molecule has 0 fully saturated rings. The molecule has 0 spiro atoms. The van der Waals surface area contributed by atoms with Crippen LogP contribution in [0.5, 0.6) is 6.01 Å². The lowest BCUT2D eigenvalue weighted by Crippen LogP contribution is -2.05. The molecule has 3 aromatic carbocycles. The van der Waals surface area contributed by atoms with Crippen molar-refractivity contribution in [2.75, 3.05) is 13.2 Å². The Morgan fingerprint density at radius 2 is 1.23 bits per heavy atom. The van der Waals surface area contributed by atoms with Crippen LogP contribution in [0.2, 0.25) is 0 Å². The molecule has 204 valence electrons. The Balaban J connectivity index is 1.37. The van der Waals surface area contributed by atoms with Crippen molar-refractivity contribution in [1.29, 1.82) is 0 Å². The molecule has 0 aliphatic rings. The first-order valence-corrected chi connectivity index (χ1v) is 14.4. The van der Waals surface area contributed by atoms with Crippen LogP contribution in [0.25, 0.3) is 28.2 Å². The number of nitrogens with zero attached hydrogens (tertiary/aromatic N) is 2. The number of benzene rings is 3. The number of ether oxygens (including phenoxy) is 2. The monoisotopic (exact) mass is 524 g/mol. The van der Waals surface area contributed by atoms with Crippen LogP contribution in [-0.2, 0) is 9.53 Å². The Hall–Kier alpha value is -3.86. The van der Waals surface area contributed by atoms with Gasteiger partial charge in [0, 0.05) is 17.5 Å². The number of carbonyl (C=O) groups excluding carboxylic acids is 1. The molecule has 0 aliphatic heterocycles. The van der Waals surface area contributed by atoms with Crippen LogP contribution in [0.15, 0.2) is 91.0 Å². The van der Waals surface area contributed by atoms with E-state index in [1.54, 1.807) is 0 Å². The van der Waals surface area contributed by atoms with Crippen LogP contribution in [0.3, 0.4) is 0 Å². The van der Waals surface area contributed by atoms with Crippen molar-refractivity contribution in [3.63, 3.8) is 0 Å². The summed E-state index contributed by atoms with van der Waals surface area (Å²) in [4.78, 5) is 16.4. The second kappa shape index (κ2) is 15.5. The highest BCUT2D eigenvalue weighted by Gasteiger charge is 2.22. The van der Waals surface area contributed by atoms with E-state index >= 15 is 0 Å². The number of hydrogen-bond donors (Lipinski definition) is 0. The van der Waals surface area contributed by atoms with E-state index in [9.17, 15) is 4.79 Å². The Morgan fingerprint density at radius 1 is 0.692 bits per heavy atom. The maximum absolute atomic E-state index is 11.4. The summed E-state index contributed by atoms with van der Waals surface area (Å²) in [7, 11) is 0. The van der Waals surface area contributed by atoms with Crippen LogP contribution in [0.4, 0.5) is 0 Å². The summed E-state index contributed by atoms with van der Waals surface area (Å²) in [6.07, 6.45) is 9.49. The van der Waals surface area contributed by atoms with Gasteiger partial charge in [-0.15, -0.1) is 0 Å². The Morgan fingerprint density at radius 3 is 1.85 bits per heavy atom. The highest BCUT2D eigenvalue weighted by molar-refractivity contribution is 5.81. The molecule has 0 amide bonds. The average molecular weight is 525 g/mol. The van der Waals surface area contributed by atoms with Gasteiger partial charge in [-0.1, -0.05) is 117 Å². The molecule has 0 aliphatic carbocycles. The molecule has 5 heteroatoms. The summed E-state index contributed by atoms with van der Waals surface area (Å²) in [5.41, 5.74) is 5.15. The molecular weight excluding hydrogens is 484 g/mol. The number of esters is 1. The zero-order chi connectivity index (χ0) is 27.1. The van der Waals surface area contributed by atoms with Gasteiger partial charge < -0.3 is 9.47 Å². The summed E-state index contributed by atoms with van der Waals surface area (Å²) < 4.78 is 13.5. The number of rotatable bonds is 16. The lowest BCUT2D eigenvalue weighted by molar-refractivity contribution is -0.143. The van der Waals surface area contributed by atoms with Crippen LogP contribution in [0.1, 0.15) is 64.7 Å². The van der Waals surface area contributed by atoms with E-state index in [0.29, 0.717) is 25.6 Å². The van der Waals surface area contributed by atoms with Gasteiger partial charge >= 0.3 is 12.0 Å². The maximum atomic E-state index is 11.4. The van der Waals surface area contributed by atoms with Gasteiger partial charge in [0.25, 0.3) is 0 Å². The molecule has 0 unspecified atom stereocenters. The van der Waals surface area contributed by atoms with Gasteiger partial charge in [0.05, 0.1) is 24.6 Å². The van der Waals surface area contributed by atoms with Crippen molar-refractivity contribution in [3.8, 4) is 34.2 Å². The highest BCUT2D eigenvalue weighted by Crippen LogP contribution is 2.37. The third kappa shape index (κ3) is 8.31. The molecular formula is C34H40N2O3. The molecule has 0 atom stereocenters. The van der Waals surface area contributed by atoms with E-state index in [1.165, 1.54) is 25.7 Å². The van der Waals surface area contributed by atoms with Crippen molar-refractivity contribution in [1.82, 2.24) is 9.55 Å². The largest absolute Gasteiger partial charge is 0.466 e. The van der Waals surface area contributed by atoms with Gasteiger partial charge in [0.15, 0.2) is 0 Å². The van der Waals surface area contributed by atoms with Gasteiger partial charge in [0.2, 0.25) is 0 Å². The smallest absolute Gasteiger partial charge is 0.305 e.